The van der Waals surface area contributed by atoms with E-state index in [2.05, 4.69) is 33.8 Å². The Kier molecular flexibility index (Phi) is 13.9. The smallest absolute Gasteiger partial charge is 0.333 e. The highest BCUT2D eigenvalue weighted by molar-refractivity contribution is 5.87. The van der Waals surface area contributed by atoms with Gasteiger partial charge in [-0.15, -0.1) is 0 Å². The van der Waals surface area contributed by atoms with Gasteiger partial charge in [-0.05, 0) is 76.5 Å². The maximum absolute atomic E-state index is 13.4. The van der Waals surface area contributed by atoms with Gasteiger partial charge in [-0.25, -0.2) is 4.79 Å². The molecule has 3 rings (SSSR count). The van der Waals surface area contributed by atoms with Gasteiger partial charge in [0, 0.05) is 38.2 Å². The summed E-state index contributed by atoms with van der Waals surface area (Å²) in [5, 5.41) is 0. The van der Waals surface area contributed by atoms with Crippen molar-refractivity contribution >= 4 is 29.8 Å². The summed E-state index contributed by atoms with van der Waals surface area (Å²) in [6.07, 6.45) is -0.0436. The zero-order valence-corrected chi connectivity index (χ0v) is 31.9. The summed E-state index contributed by atoms with van der Waals surface area (Å²) < 4.78 is 41.2. The van der Waals surface area contributed by atoms with E-state index < -0.39 is 72.2 Å². The molecule has 2 fully saturated rings. The monoisotopic (exact) mass is 706 g/mol. The van der Waals surface area contributed by atoms with E-state index in [9.17, 15) is 24.0 Å². The summed E-state index contributed by atoms with van der Waals surface area (Å²) in [5.74, 6) is -2.37. The predicted molar refractivity (Wildman–Crippen MR) is 182 cm³/mol. The summed E-state index contributed by atoms with van der Waals surface area (Å²) in [5.41, 5.74) is 0.747. The number of methoxy groups -OCH3 is 1. The van der Waals surface area contributed by atoms with Crippen LogP contribution in [-0.2, 0) is 57.1 Å². The summed E-state index contributed by atoms with van der Waals surface area (Å²) >= 11 is 0. The number of hydrogen-bond donors (Lipinski definition) is 0. The largest absolute Gasteiger partial charge is 0.469 e. The maximum atomic E-state index is 13.4. The number of esters is 5. The zero-order valence-electron chi connectivity index (χ0n) is 31.9. The Labute approximate surface area is 296 Å². The number of rotatable bonds is 12. The standard InChI is InChI=1S/C38H58O12/c1-13-21(3)35(43)50-34-28(49-36-33(48-26(8)41)32(47-25(7)40)31(23(5)45-36)46-24(6)39)19-38(11)27(16-14-20(2)18-30(42)44-12)22(4)15-17-29(38)37(34,9)10/h13,15,20,23,27-29,31-34,36H,14,16-19H2,1-12H3/b21-13-/t20-,23+,27-,28+,29-,31-,32-,33+,34-,36-,38+/m1/s1. The lowest BCUT2D eigenvalue weighted by Crippen LogP contribution is -2.65. The van der Waals surface area contributed by atoms with Crippen LogP contribution < -0.4 is 0 Å². The Bertz CT molecular complexity index is 1330. The van der Waals surface area contributed by atoms with Crippen molar-refractivity contribution in [2.45, 2.75) is 151 Å². The molecule has 0 radical (unpaired) electrons. The van der Waals surface area contributed by atoms with Gasteiger partial charge in [-0.3, -0.25) is 19.2 Å². The number of allylic oxidation sites excluding steroid dienone is 3. The average molecular weight is 707 g/mol. The first kappa shape index (κ1) is 41.2. The summed E-state index contributed by atoms with van der Waals surface area (Å²) in [7, 11) is 1.40. The first-order valence-corrected chi connectivity index (χ1v) is 17.7. The Hall–Kier alpha value is -3.25. The van der Waals surface area contributed by atoms with Gasteiger partial charge in [0.1, 0.15) is 6.10 Å². The lowest BCUT2D eigenvalue weighted by molar-refractivity contribution is -0.329. The molecule has 0 N–H and O–H groups in total. The number of carbonyl (C=O) groups excluding carboxylic acids is 5. The Morgan fingerprint density at radius 2 is 1.52 bits per heavy atom. The van der Waals surface area contributed by atoms with Crippen LogP contribution in [-0.4, -0.2) is 79.9 Å². The normalized spacial score (nSPS) is 34.3. The molecule has 11 atom stereocenters. The summed E-state index contributed by atoms with van der Waals surface area (Å²) in [6.45, 7) is 19.4. The minimum atomic E-state index is -1.30. The SMILES string of the molecule is C/C=C(/C)C(=O)O[C@@H]1[C@@H](O[C@H]2O[C@@H](C)[C@@H](OC(C)=O)[C@@H](OC(C)=O)[C@@H]2OC(C)=O)C[C@@]2(C)[C@H](CC[C@@H](C)CC(=O)OC)C(C)=CC[C@@H]2C1(C)C. The lowest BCUT2D eigenvalue weighted by atomic mass is 9.46. The van der Waals surface area contributed by atoms with Gasteiger partial charge in [0.25, 0.3) is 0 Å². The molecule has 1 saturated carbocycles. The number of carbonyl (C=O) groups is 5. The molecular weight excluding hydrogens is 648 g/mol. The molecule has 0 aromatic rings. The van der Waals surface area contributed by atoms with Crippen LogP contribution in [0.1, 0.15) is 108 Å². The van der Waals surface area contributed by atoms with Gasteiger partial charge >= 0.3 is 29.8 Å². The van der Waals surface area contributed by atoms with Crippen LogP contribution in [0.25, 0.3) is 0 Å². The van der Waals surface area contributed by atoms with E-state index in [4.69, 9.17) is 33.2 Å². The van der Waals surface area contributed by atoms with Gasteiger partial charge in [-0.2, -0.15) is 0 Å². The first-order chi connectivity index (χ1) is 23.3. The lowest BCUT2D eigenvalue weighted by Gasteiger charge is -2.61. The van der Waals surface area contributed by atoms with Gasteiger partial charge in [0.2, 0.25) is 0 Å². The maximum Gasteiger partial charge on any atom is 0.333 e. The molecule has 12 nitrogen and oxygen atoms in total. The van der Waals surface area contributed by atoms with Crippen LogP contribution in [0.5, 0.6) is 0 Å². The van der Waals surface area contributed by atoms with Crippen molar-refractivity contribution in [2.75, 3.05) is 7.11 Å². The fourth-order valence-electron chi connectivity index (χ4n) is 8.54. The quantitative estimate of drug-likeness (QED) is 0.105. The molecule has 0 spiro atoms. The topological polar surface area (TPSA) is 150 Å². The molecule has 0 aromatic heterocycles. The zero-order chi connectivity index (χ0) is 37.7. The van der Waals surface area contributed by atoms with Gasteiger partial charge in [-0.1, -0.05) is 45.4 Å². The third-order valence-electron chi connectivity index (χ3n) is 11.0. The minimum absolute atomic E-state index is 0.0841. The second-order valence-electron chi connectivity index (χ2n) is 15.2. The van der Waals surface area contributed by atoms with E-state index in [0.29, 0.717) is 18.4 Å². The molecule has 2 aliphatic carbocycles. The van der Waals surface area contributed by atoms with Gasteiger partial charge in [0.15, 0.2) is 24.6 Å². The highest BCUT2D eigenvalue weighted by Gasteiger charge is 2.62. The minimum Gasteiger partial charge on any atom is -0.469 e. The van der Waals surface area contributed by atoms with Crippen LogP contribution in [0, 0.1) is 28.6 Å². The van der Waals surface area contributed by atoms with E-state index >= 15 is 0 Å². The molecule has 0 bridgehead atoms. The van der Waals surface area contributed by atoms with Crippen molar-refractivity contribution in [3.63, 3.8) is 0 Å². The highest BCUT2D eigenvalue weighted by atomic mass is 16.7. The van der Waals surface area contributed by atoms with E-state index in [1.165, 1.54) is 33.5 Å². The Balaban J connectivity index is 2.10. The van der Waals surface area contributed by atoms with Crippen molar-refractivity contribution in [1.29, 1.82) is 0 Å². The second kappa shape index (κ2) is 16.8. The van der Waals surface area contributed by atoms with Crippen LogP contribution in [0.3, 0.4) is 0 Å². The number of ether oxygens (including phenoxy) is 7. The Morgan fingerprint density at radius 1 is 0.940 bits per heavy atom. The molecule has 1 heterocycles. The molecule has 0 amide bonds. The molecular formula is C38H58O12. The van der Waals surface area contributed by atoms with Crippen molar-refractivity contribution < 1.29 is 57.1 Å². The van der Waals surface area contributed by atoms with Crippen LogP contribution in [0.4, 0.5) is 0 Å². The van der Waals surface area contributed by atoms with E-state index in [1.807, 2.05) is 6.92 Å². The fourth-order valence-corrected chi connectivity index (χ4v) is 8.54. The van der Waals surface area contributed by atoms with E-state index in [-0.39, 0.29) is 29.1 Å². The highest BCUT2D eigenvalue weighted by Crippen LogP contribution is 2.62. The number of fused-ring (bicyclic) bond motifs is 1. The van der Waals surface area contributed by atoms with Crippen molar-refractivity contribution in [3.05, 3.63) is 23.3 Å². The van der Waals surface area contributed by atoms with Crippen molar-refractivity contribution in [1.82, 2.24) is 0 Å². The van der Waals surface area contributed by atoms with E-state index in [0.717, 1.165) is 19.3 Å². The molecule has 3 aliphatic rings. The van der Waals surface area contributed by atoms with E-state index in [1.54, 1.807) is 26.8 Å². The van der Waals surface area contributed by atoms with Crippen molar-refractivity contribution in [2.24, 2.45) is 28.6 Å². The third kappa shape index (κ3) is 9.34. The molecule has 282 valence electrons. The molecule has 0 aromatic carbocycles. The third-order valence-corrected chi connectivity index (χ3v) is 11.0. The van der Waals surface area contributed by atoms with Crippen molar-refractivity contribution in [3.8, 4) is 0 Å². The molecule has 1 saturated heterocycles. The summed E-state index contributed by atoms with van der Waals surface area (Å²) in [6, 6.07) is 0. The molecule has 0 unspecified atom stereocenters. The molecule has 50 heavy (non-hydrogen) atoms. The van der Waals surface area contributed by atoms with Gasteiger partial charge < -0.3 is 33.2 Å². The van der Waals surface area contributed by atoms with Gasteiger partial charge in [0.05, 0.1) is 19.3 Å². The van der Waals surface area contributed by atoms with Crippen LogP contribution in [0.15, 0.2) is 23.3 Å². The average Bonchev–Trinajstić information content (AvgIpc) is 3.00. The number of hydrogen-bond acceptors (Lipinski definition) is 12. The van der Waals surface area contributed by atoms with Crippen LogP contribution in [0.2, 0.25) is 0 Å². The molecule has 1 aliphatic heterocycles. The predicted octanol–water partition coefficient (Wildman–Crippen LogP) is 5.79. The fraction of sp³-hybridized carbons (Fsp3) is 0.763. The Morgan fingerprint density at radius 3 is 2.08 bits per heavy atom. The second-order valence-corrected chi connectivity index (χ2v) is 15.2. The molecule has 12 heteroatoms. The summed E-state index contributed by atoms with van der Waals surface area (Å²) in [4.78, 5) is 62.2. The first-order valence-electron chi connectivity index (χ1n) is 17.7. The van der Waals surface area contributed by atoms with Crippen LogP contribution >= 0.6 is 0 Å².